The summed E-state index contributed by atoms with van der Waals surface area (Å²) in [6, 6.07) is 7.29. The number of imide groups is 1. The molecule has 0 bridgehead atoms. The fourth-order valence-electron chi connectivity index (χ4n) is 4.72. The van der Waals surface area contributed by atoms with Crippen LogP contribution in [0.2, 0.25) is 0 Å². The minimum absolute atomic E-state index is 0.130. The predicted octanol–water partition coefficient (Wildman–Crippen LogP) is 1.16. The lowest BCUT2D eigenvalue weighted by molar-refractivity contribution is -0.130. The zero-order valence-electron chi connectivity index (χ0n) is 19.5. The van der Waals surface area contributed by atoms with Crippen LogP contribution < -0.4 is 16.0 Å². The van der Waals surface area contributed by atoms with Crippen LogP contribution >= 0.6 is 11.3 Å². The van der Waals surface area contributed by atoms with Crippen LogP contribution in [0.15, 0.2) is 34.1 Å². The van der Waals surface area contributed by atoms with Crippen molar-refractivity contribution in [3.05, 3.63) is 45.8 Å². The third-order valence-electron chi connectivity index (χ3n) is 6.86. The Morgan fingerprint density at radius 2 is 2.06 bits per heavy atom. The van der Waals surface area contributed by atoms with Crippen molar-refractivity contribution in [2.24, 2.45) is 5.73 Å². The normalized spacial score (nSPS) is 18.4. The maximum Gasteiger partial charge on any atom is 0.264 e. The smallest absolute Gasteiger partial charge is 0.264 e. The van der Waals surface area contributed by atoms with Gasteiger partial charge in [-0.25, -0.2) is 4.98 Å². The summed E-state index contributed by atoms with van der Waals surface area (Å²) in [5.41, 5.74) is 6.89. The molecule has 0 radical (unpaired) electrons. The molecular formula is C24H28N6O4S. The zero-order chi connectivity index (χ0) is 24.6. The Bertz CT molecular complexity index is 1260. The van der Waals surface area contributed by atoms with Gasteiger partial charge in [0.2, 0.25) is 6.41 Å². The zero-order valence-corrected chi connectivity index (χ0v) is 20.3. The quantitative estimate of drug-likeness (QED) is 0.467. The average Bonchev–Trinajstić information content (AvgIpc) is 3.53. The number of likely N-dealkylation sites (N-methyl/N-ethyl adjacent to an activating group) is 1. The van der Waals surface area contributed by atoms with Crippen molar-refractivity contribution in [3.63, 3.8) is 0 Å². The van der Waals surface area contributed by atoms with Crippen molar-refractivity contribution in [3.8, 4) is 0 Å². The van der Waals surface area contributed by atoms with Crippen molar-refractivity contribution in [2.45, 2.75) is 18.9 Å². The van der Waals surface area contributed by atoms with Gasteiger partial charge in [0.25, 0.3) is 11.8 Å². The lowest BCUT2D eigenvalue weighted by Crippen LogP contribution is -2.59. The molecule has 1 unspecified atom stereocenters. The van der Waals surface area contributed by atoms with Gasteiger partial charge in [0.15, 0.2) is 11.1 Å². The number of nitrogens with two attached hydrogens (primary N) is 1. The molecule has 2 aliphatic rings. The lowest BCUT2D eigenvalue weighted by Gasteiger charge is -2.34. The molecule has 0 aromatic carbocycles. The van der Waals surface area contributed by atoms with E-state index < -0.39 is 11.4 Å². The maximum absolute atomic E-state index is 13.0. The average molecular weight is 497 g/mol. The molecule has 0 spiro atoms. The highest BCUT2D eigenvalue weighted by atomic mass is 32.1. The molecule has 1 saturated heterocycles. The molecule has 1 fully saturated rings. The number of piperazine rings is 1. The number of amides is 3. The third-order valence-corrected chi connectivity index (χ3v) is 7.80. The van der Waals surface area contributed by atoms with Crippen LogP contribution in [0.4, 0.5) is 5.82 Å². The molecule has 3 aromatic heterocycles. The third kappa shape index (κ3) is 4.30. The summed E-state index contributed by atoms with van der Waals surface area (Å²) in [7, 11) is 0. The van der Waals surface area contributed by atoms with E-state index in [0.717, 1.165) is 44.1 Å². The van der Waals surface area contributed by atoms with Gasteiger partial charge in [-0.1, -0.05) is 6.92 Å². The van der Waals surface area contributed by atoms with Crippen molar-refractivity contribution < 1.29 is 18.8 Å². The Morgan fingerprint density at radius 3 is 2.80 bits per heavy atom. The number of fused-ring (bicyclic) bond motifs is 2. The summed E-state index contributed by atoms with van der Waals surface area (Å²) in [5, 5.41) is 4.03. The van der Waals surface area contributed by atoms with Gasteiger partial charge in [-0.3, -0.25) is 19.7 Å². The number of pyridine rings is 1. The lowest BCUT2D eigenvalue weighted by atomic mass is 9.94. The molecule has 5 rings (SSSR count). The highest BCUT2D eigenvalue weighted by Crippen LogP contribution is 2.31. The predicted molar refractivity (Wildman–Crippen MR) is 132 cm³/mol. The molecule has 1 atom stereocenters. The molecule has 35 heavy (non-hydrogen) atoms. The van der Waals surface area contributed by atoms with Gasteiger partial charge in [-0.15, -0.1) is 11.3 Å². The van der Waals surface area contributed by atoms with Crippen LogP contribution in [0.5, 0.6) is 0 Å². The van der Waals surface area contributed by atoms with Crippen molar-refractivity contribution in [1.29, 1.82) is 0 Å². The number of rotatable bonds is 7. The number of anilines is 1. The summed E-state index contributed by atoms with van der Waals surface area (Å²) in [6.07, 6.45) is 0.959. The molecule has 11 heteroatoms. The number of aromatic nitrogens is 1. The van der Waals surface area contributed by atoms with Crippen molar-refractivity contribution in [1.82, 2.24) is 20.1 Å². The van der Waals surface area contributed by atoms with E-state index >= 15 is 0 Å². The van der Waals surface area contributed by atoms with Crippen LogP contribution in [0.25, 0.3) is 11.1 Å². The molecular weight excluding hydrogens is 468 g/mol. The molecule has 3 aromatic rings. The number of hydrogen-bond donors (Lipinski definition) is 2. The number of carbonyl (C=O) groups excluding carboxylic acids is 3. The summed E-state index contributed by atoms with van der Waals surface area (Å²) in [5.74, 6) is 0.0547. The van der Waals surface area contributed by atoms with Gasteiger partial charge in [0.1, 0.15) is 17.1 Å². The Labute approximate surface area is 206 Å². The van der Waals surface area contributed by atoms with Crippen LogP contribution in [0, 0.1) is 0 Å². The van der Waals surface area contributed by atoms with Gasteiger partial charge >= 0.3 is 0 Å². The number of carbonyl (C=O) groups is 3. The topological polar surface area (TPSA) is 125 Å². The minimum atomic E-state index is -1.76. The molecule has 184 valence electrons. The first-order valence-electron chi connectivity index (χ1n) is 11.7. The summed E-state index contributed by atoms with van der Waals surface area (Å²) < 4.78 is 5.98. The van der Waals surface area contributed by atoms with Gasteiger partial charge in [-0.05, 0) is 42.1 Å². The van der Waals surface area contributed by atoms with Crippen LogP contribution in [-0.2, 0) is 21.5 Å². The minimum Gasteiger partial charge on any atom is -0.457 e. The SMILES string of the molecule is CCN1CCN(c2ccc3oc(C(N)(CN4CCc5ccsc5C4=O)C(=O)NC=O)cc3n2)CC1. The first-order chi connectivity index (χ1) is 16.9. The van der Waals surface area contributed by atoms with Gasteiger partial charge < -0.3 is 24.9 Å². The first kappa shape index (κ1) is 23.5. The summed E-state index contributed by atoms with van der Waals surface area (Å²) >= 11 is 1.37. The second kappa shape index (κ2) is 9.40. The van der Waals surface area contributed by atoms with E-state index in [2.05, 4.69) is 22.0 Å². The van der Waals surface area contributed by atoms with E-state index in [1.54, 1.807) is 11.0 Å². The Hall–Kier alpha value is -3.28. The largest absolute Gasteiger partial charge is 0.457 e. The Balaban J connectivity index is 1.44. The highest BCUT2D eigenvalue weighted by molar-refractivity contribution is 7.12. The van der Waals surface area contributed by atoms with Crippen molar-refractivity contribution >= 4 is 46.5 Å². The van der Waals surface area contributed by atoms with Crippen LogP contribution in [0.1, 0.15) is 27.9 Å². The number of nitrogens with zero attached hydrogens (tertiary/aromatic N) is 4. The number of furan rings is 1. The molecule has 0 saturated carbocycles. The van der Waals surface area contributed by atoms with E-state index in [1.165, 1.54) is 11.3 Å². The number of hydrogen-bond acceptors (Lipinski definition) is 9. The van der Waals surface area contributed by atoms with E-state index in [9.17, 15) is 14.4 Å². The van der Waals surface area contributed by atoms with Crippen LogP contribution in [-0.4, -0.2) is 78.8 Å². The molecule has 10 nitrogen and oxygen atoms in total. The van der Waals surface area contributed by atoms with Crippen molar-refractivity contribution in [2.75, 3.05) is 50.7 Å². The van der Waals surface area contributed by atoms with E-state index in [1.807, 2.05) is 23.6 Å². The number of thiophene rings is 1. The van der Waals surface area contributed by atoms with Gasteiger partial charge in [0.05, 0.1) is 11.4 Å². The molecule has 2 aliphatic heterocycles. The van der Waals surface area contributed by atoms with Gasteiger partial charge in [0, 0.05) is 38.8 Å². The Morgan fingerprint density at radius 1 is 1.26 bits per heavy atom. The summed E-state index contributed by atoms with van der Waals surface area (Å²) in [4.78, 5) is 48.7. The fourth-order valence-corrected chi connectivity index (χ4v) is 5.64. The number of nitrogens with one attached hydrogen (secondary N) is 1. The summed E-state index contributed by atoms with van der Waals surface area (Å²) in [6.45, 7) is 7.17. The Kier molecular flexibility index (Phi) is 6.30. The first-order valence-corrected chi connectivity index (χ1v) is 12.6. The molecule has 0 aliphatic carbocycles. The van der Waals surface area contributed by atoms with E-state index in [-0.39, 0.29) is 24.6 Å². The van der Waals surface area contributed by atoms with E-state index in [0.29, 0.717) is 28.9 Å². The second-order valence-electron chi connectivity index (χ2n) is 8.90. The second-order valence-corrected chi connectivity index (χ2v) is 9.82. The molecule has 5 heterocycles. The maximum atomic E-state index is 13.0. The van der Waals surface area contributed by atoms with E-state index in [4.69, 9.17) is 15.1 Å². The fraction of sp³-hybridized carbons (Fsp3) is 0.417. The highest BCUT2D eigenvalue weighted by Gasteiger charge is 2.43. The molecule has 3 amide bonds. The standard InChI is InChI=1S/C24H28N6O4S/c1-2-28-8-10-29(11-9-28)20-4-3-18-17(27-20)13-19(34-18)24(25,23(33)26-15-31)14-30-7-5-16-6-12-35-21(16)22(30)32/h3-4,6,12-13,15H,2,5,7-11,14,25H2,1H3,(H,26,31,33). The van der Waals surface area contributed by atoms with Crippen LogP contribution in [0.3, 0.4) is 0 Å². The molecule has 3 N–H and O–H groups in total. The van der Waals surface area contributed by atoms with Gasteiger partial charge in [-0.2, -0.15) is 0 Å². The monoisotopic (exact) mass is 496 g/mol.